The minimum atomic E-state index is -3.67. The molecule has 8 nitrogen and oxygen atoms in total. The van der Waals surface area contributed by atoms with E-state index in [1.807, 2.05) is 37.3 Å². The van der Waals surface area contributed by atoms with Gasteiger partial charge in [-0.3, -0.25) is 9.36 Å². The number of nitrogen functional groups attached to an aromatic ring is 1. The first kappa shape index (κ1) is 21.8. The molecule has 1 amide bonds. The van der Waals surface area contributed by atoms with Crippen LogP contribution in [0.4, 0.5) is 11.5 Å². The van der Waals surface area contributed by atoms with Gasteiger partial charge < -0.3 is 20.1 Å². The number of rotatable bonds is 8. The zero-order valence-electron chi connectivity index (χ0n) is 17.2. The summed E-state index contributed by atoms with van der Waals surface area (Å²) in [5, 5.41) is 7.27. The Hall–Kier alpha value is -2.93. The van der Waals surface area contributed by atoms with E-state index in [1.165, 1.54) is 0 Å². The van der Waals surface area contributed by atoms with Crippen molar-refractivity contribution in [3.05, 3.63) is 65.9 Å². The van der Waals surface area contributed by atoms with Crippen LogP contribution in [0.15, 0.2) is 54.7 Å². The Bertz CT molecular complexity index is 1070. The normalized spacial score (nSPS) is 11.4. The summed E-state index contributed by atoms with van der Waals surface area (Å²) in [7, 11) is -3.67. The van der Waals surface area contributed by atoms with E-state index in [-0.39, 0.29) is 29.9 Å². The summed E-state index contributed by atoms with van der Waals surface area (Å²) in [5.74, 6) is -0.298. The van der Waals surface area contributed by atoms with E-state index < -0.39 is 13.5 Å². The van der Waals surface area contributed by atoms with Crippen LogP contribution in [0.3, 0.4) is 0 Å². The molecule has 158 valence electrons. The molecule has 30 heavy (non-hydrogen) atoms. The van der Waals surface area contributed by atoms with E-state index >= 15 is 0 Å². The molecular weight excluding hydrogens is 403 g/mol. The number of carbonyl (C=O) groups excluding carboxylic acids is 1. The van der Waals surface area contributed by atoms with Gasteiger partial charge in [0.1, 0.15) is 0 Å². The second-order valence-corrected chi connectivity index (χ2v) is 8.51. The molecular formula is C21H25N4O4P. The van der Waals surface area contributed by atoms with Gasteiger partial charge in [-0.15, -0.1) is 5.10 Å². The second-order valence-electron chi connectivity index (χ2n) is 6.52. The highest BCUT2D eigenvalue weighted by atomic mass is 31.2. The van der Waals surface area contributed by atoms with Crippen LogP contribution in [0.2, 0.25) is 0 Å². The molecule has 0 aliphatic carbocycles. The van der Waals surface area contributed by atoms with Crippen molar-refractivity contribution in [3.8, 4) is 5.69 Å². The van der Waals surface area contributed by atoms with Gasteiger partial charge >= 0.3 is 7.60 Å². The largest absolute Gasteiger partial charge is 0.394 e. The van der Waals surface area contributed by atoms with Gasteiger partial charge in [0.05, 0.1) is 41.7 Å². The Kier molecular flexibility index (Phi) is 6.72. The molecule has 0 aliphatic rings. The number of hydrogen-bond acceptors (Lipinski definition) is 6. The molecule has 3 rings (SSSR count). The number of aryl methyl sites for hydroxylation is 1. The van der Waals surface area contributed by atoms with Crippen LogP contribution in [0.5, 0.6) is 0 Å². The molecule has 0 unspecified atom stereocenters. The van der Waals surface area contributed by atoms with E-state index in [0.717, 1.165) is 11.3 Å². The highest BCUT2D eigenvalue weighted by Gasteiger charge is 2.32. The first-order valence-electron chi connectivity index (χ1n) is 9.60. The SMILES string of the molecule is CCOP(=O)(OCC)c1cc(C)ccc1C(=O)Nc1nn(-c2ccccc2)cc1N. The molecule has 2 aromatic carbocycles. The lowest BCUT2D eigenvalue weighted by Gasteiger charge is -2.20. The summed E-state index contributed by atoms with van der Waals surface area (Å²) in [4.78, 5) is 13.1. The molecule has 1 aromatic heterocycles. The summed E-state index contributed by atoms with van der Waals surface area (Å²) in [6.45, 7) is 5.64. The topological polar surface area (TPSA) is 108 Å². The predicted octanol–water partition coefficient (Wildman–Crippen LogP) is 3.91. The zero-order chi connectivity index (χ0) is 21.7. The minimum absolute atomic E-state index is 0.180. The van der Waals surface area contributed by atoms with Crippen LogP contribution in [-0.4, -0.2) is 28.9 Å². The van der Waals surface area contributed by atoms with Crippen molar-refractivity contribution in [2.24, 2.45) is 0 Å². The summed E-state index contributed by atoms with van der Waals surface area (Å²) >= 11 is 0. The molecule has 9 heteroatoms. The van der Waals surface area contributed by atoms with E-state index in [4.69, 9.17) is 14.8 Å². The average Bonchev–Trinajstić information content (AvgIpc) is 3.09. The molecule has 0 radical (unpaired) electrons. The number of nitrogens with one attached hydrogen (secondary N) is 1. The van der Waals surface area contributed by atoms with Crippen molar-refractivity contribution >= 4 is 30.3 Å². The number of benzene rings is 2. The fourth-order valence-corrected chi connectivity index (χ4v) is 4.81. The van der Waals surface area contributed by atoms with Crippen molar-refractivity contribution < 1.29 is 18.4 Å². The molecule has 0 saturated heterocycles. The van der Waals surface area contributed by atoms with Crippen LogP contribution < -0.4 is 16.4 Å². The molecule has 0 fully saturated rings. The molecule has 0 bridgehead atoms. The zero-order valence-corrected chi connectivity index (χ0v) is 18.1. The van der Waals surface area contributed by atoms with E-state index in [9.17, 15) is 9.36 Å². The fraction of sp³-hybridized carbons (Fsp3) is 0.238. The lowest BCUT2D eigenvalue weighted by Crippen LogP contribution is -2.24. The van der Waals surface area contributed by atoms with Gasteiger partial charge in [0, 0.05) is 0 Å². The Morgan fingerprint density at radius 1 is 1.13 bits per heavy atom. The number of amides is 1. The minimum Gasteiger partial charge on any atom is -0.394 e. The Morgan fingerprint density at radius 2 is 1.80 bits per heavy atom. The highest BCUT2D eigenvalue weighted by Crippen LogP contribution is 2.48. The number of nitrogens with two attached hydrogens (primary N) is 1. The Balaban J connectivity index is 1.95. The number of hydrogen-bond donors (Lipinski definition) is 2. The van der Waals surface area contributed by atoms with Gasteiger partial charge in [0.25, 0.3) is 5.91 Å². The standard InChI is InChI=1S/C21H25N4O4P/c1-4-28-30(27,29-5-2)19-13-15(3)11-12-17(19)21(26)23-20-18(22)14-25(24-20)16-9-7-6-8-10-16/h6-14H,4-5,22H2,1-3H3,(H,23,24,26). The van der Waals surface area contributed by atoms with Gasteiger partial charge in [0.15, 0.2) is 5.82 Å². The van der Waals surface area contributed by atoms with Crippen LogP contribution >= 0.6 is 7.60 Å². The van der Waals surface area contributed by atoms with E-state index in [0.29, 0.717) is 5.69 Å². The fourth-order valence-electron chi connectivity index (χ4n) is 2.95. The van der Waals surface area contributed by atoms with Crippen molar-refractivity contribution in [1.29, 1.82) is 0 Å². The molecule has 0 saturated carbocycles. The van der Waals surface area contributed by atoms with Crippen LogP contribution in [0.25, 0.3) is 5.69 Å². The van der Waals surface area contributed by atoms with Crippen molar-refractivity contribution in [1.82, 2.24) is 9.78 Å². The number of anilines is 2. The third-order valence-corrected chi connectivity index (χ3v) is 6.44. The van der Waals surface area contributed by atoms with Crippen LogP contribution in [-0.2, 0) is 13.6 Å². The smallest absolute Gasteiger partial charge is 0.362 e. The molecule has 3 aromatic rings. The molecule has 1 heterocycles. The van der Waals surface area contributed by atoms with Crippen molar-refractivity contribution in [2.45, 2.75) is 20.8 Å². The van der Waals surface area contributed by atoms with E-state index in [1.54, 1.807) is 42.9 Å². The highest BCUT2D eigenvalue weighted by molar-refractivity contribution is 7.62. The number of para-hydroxylation sites is 1. The maximum atomic E-state index is 13.3. The third kappa shape index (κ3) is 4.62. The van der Waals surface area contributed by atoms with Gasteiger partial charge in [-0.1, -0.05) is 29.8 Å². The lowest BCUT2D eigenvalue weighted by atomic mass is 10.1. The monoisotopic (exact) mass is 428 g/mol. The predicted molar refractivity (Wildman–Crippen MR) is 118 cm³/mol. The van der Waals surface area contributed by atoms with Crippen LogP contribution in [0, 0.1) is 6.92 Å². The summed E-state index contributed by atoms with van der Waals surface area (Å²) < 4.78 is 25.8. The molecule has 0 aliphatic heterocycles. The number of carbonyl (C=O) groups is 1. The summed E-state index contributed by atoms with van der Waals surface area (Å²) in [5.41, 5.74) is 8.16. The molecule has 0 atom stereocenters. The first-order valence-corrected chi connectivity index (χ1v) is 11.1. The van der Waals surface area contributed by atoms with Crippen molar-refractivity contribution in [3.63, 3.8) is 0 Å². The maximum Gasteiger partial charge on any atom is 0.362 e. The van der Waals surface area contributed by atoms with Gasteiger partial charge in [-0.25, -0.2) is 4.68 Å². The molecule has 3 N–H and O–H groups in total. The summed E-state index contributed by atoms with van der Waals surface area (Å²) in [6, 6.07) is 14.4. The van der Waals surface area contributed by atoms with Crippen molar-refractivity contribution in [2.75, 3.05) is 24.3 Å². The van der Waals surface area contributed by atoms with Gasteiger partial charge in [0.2, 0.25) is 0 Å². The third-order valence-electron chi connectivity index (χ3n) is 4.29. The Labute approximate surface area is 175 Å². The average molecular weight is 428 g/mol. The van der Waals surface area contributed by atoms with E-state index in [2.05, 4.69) is 10.4 Å². The second kappa shape index (κ2) is 9.26. The first-order chi connectivity index (χ1) is 14.4. The quantitative estimate of drug-likeness (QED) is 0.527. The number of nitrogens with zero attached hydrogens (tertiary/aromatic N) is 2. The lowest BCUT2D eigenvalue weighted by molar-refractivity contribution is 0.102. The summed E-state index contributed by atoms with van der Waals surface area (Å²) in [6.07, 6.45) is 1.62. The van der Waals surface area contributed by atoms with Gasteiger partial charge in [-0.05, 0) is 45.0 Å². The molecule has 0 spiro atoms. The Morgan fingerprint density at radius 3 is 2.43 bits per heavy atom. The maximum absolute atomic E-state index is 13.3. The number of aromatic nitrogens is 2. The van der Waals surface area contributed by atoms with Gasteiger partial charge in [-0.2, -0.15) is 0 Å². The van der Waals surface area contributed by atoms with Crippen LogP contribution in [0.1, 0.15) is 29.8 Å².